The Morgan fingerprint density at radius 2 is 0.491 bits per heavy atom. The molecule has 1 heterocycles. The van der Waals surface area contributed by atoms with E-state index in [1.165, 1.54) is 0 Å². The Balaban J connectivity index is 0.000000692. The van der Waals surface area contributed by atoms with Gasteiger partial charge in [-0.25, -0.2) is 92.8 Å². The van der Waals surface area contributed by atoms with Crippen molar-refractivity contribution in [1.82, 2.24) is 0 Å². The average Bonchev–Trinajstić information content (AvgIpc) is 3.15. The molecular formula is C30H5BF20N2. The lowest BCUT2D eigenvalue weighted by atomic mass is 9.12. The van der Waals surface area contributed by atoms with Gasteiger partial charge in [-0.1, -0.05) is 0 Å². The van der Waals surface area contributed by atoms with Crippen LogP contribution >= 0.6 is 0 Å². The van der Waals surface area contributed by atoms with Gasteiger partial charge in [0.2, 0.25) is 0 Å². The predicted octanol–water partition coefficient (Wildman–Crippen LogP) is 6.22. The van der Waals surface area contributed by atoms with Crippen molar-refractivity contribution in [3.05, 3.63) is 146 Å². The van der Waals surface area contributed by atoms with Gasteiger partial charge in [0.05, 0.1) is 11.6 Å². The smallest absolute Gasteiger partial charge is 0.200 e. The summed E-state index contributed by atoms with van der Waals surface area (Å²) < 4.78 is 294. The minimum atomic E-state index is -7.22. The lowest BCUT2D eigenvalue weighted by Gasteiger charge is -2.44. The van der Waals surface area contributed by atoms with Crippen LogP contribution < -0.4 is 26.8 Å². The molecule has 0 saturated carbocycles. The summed E-state index contributed by atoms with van der Waals surface area (Å²) in [6, 6.07) is 5.45. The Morgan fingerprint density at radius 1 is 0.321 bits per heavy atom. The van der Waals surface area contributed by atoms with E-state index in [2.05, 4.69) is 4.98 Å². The zero-order valence-corrected chi connectivity index (χ0v) is 24.4. The number of hydrogen-bond acceptors (Lipinski definition) is 1. The molecular weight excluding hydrogens is 779 g/mol. The van der Waals surface area contributed by atoms with Crippen molar-refractivity contribution in [2.24, 2.45) is 0 Å². The third-order valence-electron chi connectivity index (χ3n) is 7.55. The number of nitriles is 1. The summed E-state index contributed by atoms with van der Waals surface area (Å²) in [5.41, 5.74) is -13.6. The van der Waals surface area contributed by atoms with E-state index in [0.717, 1.165) is 0 Å². The van der Waals surface area contributed by atoms with E-state index in [4.69, 9.17) is 5.26 Å². The molecule has 0 saturated heterocycles. The zero-order valence-electron chi connectivity index (χ0n) is 24.4. The number of aromatic amines is 1. The number of nitrogens with zero attached hydrogens (tertiary/aromatic N) is 1. The van der Waals surface area contributed by atoms with Crippen molar-refractivity contribution < 1.29 is 92.8 Å². The van der Waals surface area contributed by atoms with Gasteiger partial charge in [0, 0.05) is 12.1 Å². The van der Waals surface area contributed by atoms with Crippen molar-refractivity contribution in [3.63, 3.8) is 0 Å². The maximum absolute atomic E-state index is 15.4. The van der Waals surface area contributed by atoms with Gasteiger partial charge >= 0.3 is 0 Å². The summed E-state index contributed by atoms with van der Waals surface area (Å²) >= 11 is 0. The summed E-state index contributed by atoms with van der Waals surface area (Å²) in [7, 11) is 0. The van der Waals surface area contributed by atoms with Crippen LogP contribution in [0.1, 0.15) is 5.56 Å². The second-order valence-corrected chi connectivity index (χ2v) is 10.2. The largest absolute Gasteiger partial charge is 0.218 e. The molecule has 0 aliphatic carbocycles. The van der Waals surface area contributed by atoms with Gasteiger partial charge < -0.3 is 0 Å². The fourth-order valence-electron chi connectivity index (χ4n) is 5.34. The van der Waals surface area contributed by atoms with Gasteiger partial charge in [0.15, 0.2) is 82.2 Å². The molecule has 0 aliphatic rings. The molecule has 0 aliphatic heterocycles. The highest BCUT2D eigenvalue weighted by Crippen LogP contribution is 2.30. The minimum Gasteiger partial charge on any atom is -0.218 e. The lowest BCUT2D eigenvalue weighted by Crippen LogP contribution is -2.81. The monoisotopic (exact) mass is 784 g/mol. The molecule has 2 nitrogen and oxygen atoms in total. The maximum Gasteiger partial charge on any atom is 0.200 e. The third kappa shape index (κ3) is 5.85. The first-order valence-corrected chi connectivity index (χ1v) is 13.2. The molecule has 0 unspecified atom stereocenters. The molecule has 0 radical (unpaired) electrons. The molecule has 5 aromatic rings. The Labute approximate surface area is 279 Å². The lowest BCUT2D eigenvalue weighted by molar-refractivity contribution is -0.378. The van der Waals surface area contributed by atoms with E-state index in [9.17, 15) is 52.7 Å². The number of benzene rings is 4. The van der Waals surface area contributed by atoms with Crippen LogP contribution in [-0.4, -0.2) is 6.15 Å². The van der Waals surface area contributed by atoms with Crippen LogP contribution in [0.4, 0.5) is 87.8 Å². The second kappa shape index (κ2) is 14.3. The summed E-state index contributed by atoms with van der Waals surface area (Å²) in [5.74, 6) is -71.4. The summed E-state index contributed by atoms with van der Waals surface area (Å²) in [4.78, 5) is 2.82. The zero-order chi connectivity index (χ0) is 40.2. The van der Waals surface area contributed by atoms with E-state index in [-0.39, 0.29) is 0 Å². The Bertz CT molecular complexity index is 1980. The molecule has 0 atom stereocenters. The first-order valence-electron chi connectivity index (χ1n) is 13.2. The van der Waals surface area contributed by atoms with E-state index >= 15 is 35.1 Å². The first-order chi connectivity index (χ1) is 24.6. The number of nitrogens with one attached hydrogen (secondary N) is 1. The number of pyridine rings is 1. The van der Waals surface area contributed by atoms with E-state index in [1.54, 1.807) is 24.5 Å². The van der Waals surface area contributed by atoms with Gasteiger partial charge in [0.25, 0.3) is 0 Å². The highest BCUT2D eigenvalue weighted by molar-refractivity contribution is 7.20. The first kappa shape index (κ1) is 40.0. The van der Waals surface area contributed by atoms with Gasteiger partial charge in [-0.15, -0.1) is 21.9 Å². The van der Waals surface area contributed by atoms with Crippen molar-refractivity contribution >= 4 is 28.0 Å². The van der Waals surface area contributed by atoms with Crippen molar-refractivity contribution in [1.29, 1.82) is 5.26 Å². The number of H-pyrrole nitrogens is 1. The summed E-state index contributed by atoms with van der Waals surface area (Å²) in [6.07, 6.45) is -3.78. The molecule has 4 aromatic carbocycles. The van der Waals surface area contributed by atoms with E-state index in [0.29, 0.717) is 5.56 Å². The highest BCUT2D eigenvalue weighted by atomic mass is 19.2. The molecule has 23 heteroatoms. The quantitative estimate of drug-likeness (QED) is 0.0925. The van der Waals surface area contributed by atoms with Crippen LogP contribution in [0.3, 0.4) is 0 Å². The second-order valence-electron chi connectivity index (χ2n) is 10.2. The molecule has 0 amide bonds. The molecule has 5 rings (SSSR count). The highest BCUT2D eigenvalue weighted by Gasteiger charge is 2.52. The van der Waals surface area contributed by atoms with Gasteiger partial charge in [0.1, 0.15) is 52.7 Å². The van der Waals surface area contributed by atoms with Crippen LogP contribution in [0, 0.1) is 128 Å². The summed E-state index contributed by atoms with van der Waals surface area (Å²) in [5, 5.41) is 8.27. The Kier molecular flexibility index (Phi) is 10.8. The van der Waals surface area contributed by atoms with Crippen LogP contribution in [0.15, 0.2) is 24.5 Å². The number of rotatable bonds is 4. The minimum absolute atomic E-state index is 0.684. The number of halogens is 20. The normalized spacial score (nSPS) is 11.4. The third-order valence-corrected chi connectivity index (χ3v) is 7.55. The van der Waals surface area contributed by atoms with Crippen molar-refractivity contribution in [2.45, 2.75) is 0 Å². The Morgan fingerprint density at radius 3 is 0.642 bits per heavy atom. The molecule has 278 valence electrons. The molecule has 0 bridgehead atoms. The standard InChI is InChI=1S/C24BF20.C6H4N2/c26-5-1(6(27)14(35)21(42)13(5)34)25(2-7(28)15(36)22(43)16(37)8(2)29,3-9(30)17(38)23(44)18(39)10(3)31)4-11(32)19(40)24(45)20(41)12(4)33;7-5-6-1-3-8-4-2-6/h;1-4H/q-1;/p+1. The van der Waals surface area contributed by atoms with Crippen LogP contribution in [0.2, 0.25) is 0 Å². The van der Waals surface area contributed by atoms with Crippen LogP contribution in [-0.2, 0) is 0 Å². The van der Waals surface area contributed by atoms with E-state index in [1.807, 2.05) is 6.07 Å². The Hall–Kier alpha value is -5.82. The number of aromatic nitrogens is 1. The average molecular weight is 784 g/mol. The fraction of sp³-hybridized carbons (Fsp3) is 0. The predicted molar refractivity (Wildman–Crippen MR) is 137 cm³/mol. The van der Waals surface area contributed by atoms with Crippen molar-refractivity contribution in [3.8, 4) is 6.07 Å². The molecule has 1 N–H and O–H groups in total. The van der Waals surface area contributed by atoms with Gasteiger partial charge in [-0.2, -0.15) is 5.26 Å². The molecule has 1 aromatic heterocycles. The molecule has 53 heavy (non-hydrogen) atoms. The fourth-order valence-corrected chi connectivity index (χ4v) is 5.34. The number of hydrogen-bond donors (Lipinski definition) is 0. The van der Waals surface area contributed by atoms with Gasteiger partial charge in [-0.3, -0.25) is 0 Å². The maximum atomic E-state index is 15.4. The van der Waals surface area contributed by atoms with Crippen LogP contribution in [0.5, 0.6) is 0 Å². The summed E-state index contributed by atoms with van der Waals surface area (Å²) in [6.45, 7) is 0. The molecule has 0 spiro atoms. The molecule has 0 fully saturated rings. The van der Waals surface area contributed by atoms with E-state index < -0.39 is 144 Å². The topological polar surface area (TPSA) is 37.9 Å². The van der Waals surface area contributed by atoms with Crippen molar-refractivity contribution in [2.75, 3.05) is 0 Å². The SMILES string of the molecule is Fc1c(F)c(F)c([B-](c2c(F)c(F)c(F)c(F)c2F)(c2c(F)c(F)c(F)c(F)c2F)c2c(F)c(F)c(F)c(F)c2F)c(F)c1F.N#Cc1cc[nH+]cc1. The van der Waals surface area contributed by atoms with Gasteiger partial charge in [-0.05, 0) is 0 Å². The van der Waals surface area contributed by atoms with Crippen LogP contribution in [0.25, 0.3) is 0 Å².